The van der Waals surface area contributed by atoms with Gasteiger partial charge >= 0.3 is 0 Å². The van der Waals surface area contributed by atoms with Crippen molar-refractivity contribution in [2.75, 3.05) is 42.7 Å². The van der Waals surface area contributed by atoms with Crippen LogP contribution in [0, 0.1) is 11.6 Å². The molecule has 7 nitrogen and oxygen atoms in total. The van der Waals surface area contributed by atoms with E-state index in [2.05, 4.69) is 0 Å². The Morgan fingerprint density at radius 1 is 0.500 bits per heavy atom. The van der Waals surface area contributed by atoms with Crippen molar-refractivity contribution < 1.29 is 42.0 Å². The summed E-state index contributed by atoms with van der Waals surface area (Å²) in [5.74, 6) is -3.16. The third-order valence-electron chi connectivity index (χ3n) is 7.71. The highest BCUT2D eigenvalue weighted by Crippen LogP contribution is 2.44. The van der Waals surface area contributed by atoms with Gasteiger partial charge in [-0.25, -0.2) is 8.78 Å². The molecule has 0 saturated heterocycles. The van der Waals surface area contributed by atoms with Gasteiger partial charge in [0.1, 0.15) is 28.8 Å². The second kappa shape index (κ2) is 14.6. The first-order valence-electron chi connectivity index (χ1n) is 13.9. The number of ketones is 1. The monoisotopic (exact) mass is 606 g/mol. The maximum absolute atomic E-state index is 16.2. The van der Waals surface area contributed by atoms with E-state index in [4.69, 9.17) is 28.4 Å². The van der Waals surface area contributed by atoms with Crippen LogP contribution in [0.4, 0.5) is 8.78 Å². The molecule has 0 bridgehead atoms. The van der Waals surface area contributed by atoms with E-state index in [1.807, 2.05) is 0 Å². The molecule has 0 N–H and O–H groups in total. The fraction of sp³-hybridized carbons (Fsp3) is 0.286. The average Bonchev–Trinajstić information content (AvgIpc) is 3.06. The van der Waals surface area contributed by atoms with Gasteiger partial charge in [-0.05, 0) is 60.4 Å². The number of benzene rings is 4. The fourth-order valence-corrected chi connectivity index (χ4v) is 5.55. The molecular weight excluding hydrogens is 570 g/mol. The van der Waals surface area contributed by atoms with Crippen LogP contribution in [0.2, 0.25) is 0 Å². The largest absolute Gasteiger partial charge is 0.496 e. The number of hydrogen-bond acceptors (Lipinski definition) is 7. The van der Waals surface area contributed by atoms with Gasteiger partial charge in [0, 0.05) is 11.1 Å². The number of carbonyl (C=O) groups is 1. The Kier molecular flexibility index (Phi) is 10.7. The zero-order chi connectivity index (χ0) is 31.8. The lowest BCUT2D eigenvalue weighted by atomic mass is 9.77. The standard InChI is InChI=1S/C35H36F2O7/c1-39-25-13-9-7-11-21(25)19-23(31-27(41-3)15-17-29(43-5)33(31)36)35(38)24(20-22-12-8-10-14-26(22)40-2)32-28(42-4)16-18-30(44-6)34(32)37/h7-18,23-24H,19-20H2,1-6H3. The van der Waals surface area contributed by atoms with Gasteiger partial charge in [0.25, 0.3) is 0 Å². The molecule has 0 radical (unpaired) electrons. The summed E-state index contributed by atoms with van der Waals surface area (Å²) in [6.45, 7) is 0. The molecule has 4 aromatic rings. The van der Waals surface area contributed by atoms with E-state index in [1.54, 1.807) is 60.7 Å². The van der Waals surface area contributed by atoms with E-state index in [1.165, 1.54) is 54.8 Å². The number of Topliss-reactive ketones (excluding diaryl/α,β-unsaturated/α-hetero) is 1. The molecule has 0 aliphatic carbocycles. The van der Waals surface area contributed by atoms with Crippen molar-refractivity contribution in [2.45, 2.75) is 24.7 Å². The van der Waals surface area contributed by atoms with Gasteiger partial charge in [0.2, 0.25) is 0 Å². The lowest BCUT2D eigenvalue weighted by Crippen LogP contribution is -2.27. The molecule has 0 amide bonds. The minimum Gasteiger partial charge on any atom is -0.496 e. The number of ether oxygens (including phenoxy) is 6. The molecule has 2 atom stereocenters. The Labute approximate surface area is 256 Å². The lowest BCUT2D eigenvalue weighted by molar-refractivity contribution is -0.122. The minimum absolute atomic E-state index is 0.0135. The van der Waals surface area contributed by atoms with Crippen molar-refractivity contribution in [2.24, 2.45) is 0 Å². The first-order valence-corrected chi connectivity index (χ1v) is 13.9. The van der Waals surface area contributed by atoms with Gasteiger partial charge in [0.05, 0.1) is 54.5 Å². The predicted molar refractivity (Wildman–Crippen MR) is 163 cm³/mol. The second-order valence-corrected chi connectivity index (χ2v) is 9.93. The van der Waals surface area contributed by atoms with E-state index in [-0.39, 0.29) is 47.0 Å². The molecule has 4 rings (SSSR count). The third kappa shape index (κ3) is 6.41. The minimum atomic E-state index is -1.17. The van der Waals surface area contributed by atoms with Crippen LogP contribution >= 0.6 is 0 Å². The third-order valence-corrected chi connectivity index (χ3v) is 7.71. The highest BCUT2D eigenvalue weighted by Gasteiger charge is 2.38. The molecule has 0 aromatic heterocycles. The molecule has 44 heavy (non-hydrogen) atoms. The van der Waals surface area contributed by atoms with Crippen LogP contribution in [0.5, 0.6) is 34.5 Å². The van der Waals surface area contributed by atoms with Crippen LogP contribution in [0.3, 0.4) is 0 Å². The number of hydrogen-bond donors (Lipinski definition) is 0. The molecule has 0 aliphatic rings. The summed E-state index contributed by atoms with van der Waals surface area (Å²) in [5, 5.41) is 0. The summed E-state index contributed by atoms with van der Waals surface area (Å²) in [5.41, 5.74) is 1.25. The molecule has 0 aliphatic heterocycles. The molecular formula is C35H36F2O7. The number of rotatable bonds is 14. The molecule has 2 unspecified atom stereocenters. The lowest BCUT2D eigenvalue weighted by Gasteiger charge is -2.28. The SMILES string of the molecule is COc1ccccc1CC(C(=O)C(Cc1ccccc1OC)c1c(OC)ccc(OC)c1F)c1c(OC)ccc(OC)c1F. The predicted octanol–water partition coefficient (Wildman–Crippen LogP) is 6.94. The van der Waals surface area contributed by atoms with E-state index in [0.717, 1.165) is 0 Å². The highest BCUT2D eigenvalue weighted by atomic mass is 19.1. The molecule has 0 heterocycles. The normalized spacial score (nSPS) is 12.2. The fourth-order valence-electron chi connectivity index (χ4n) is 5.55. The maximum Gasteiger partial charge on any atom is 0.172 e. The van der Waals surface area contributed by atoms with E-state index >= 15 is 13.6 Å². The number of para-hydroxylation sites is 2. The summed E-state index contributed by atoms with van der Waals surface area (Å²) >= 11 is 0. The zero-order valence-corrected chi connectivity index (χ0v) is 25.6. The maximum atomic E-state index is 16.2. The summed E-state index contributed by atoms with van der Waals surface area (Å²) in [7, 11) is 8.50. The van der Waals surface area contributed by atoms with Crippen molar-refractivity contribution in [3.05, 3.63) is 107 Å². The molecule has 232 valence electrons. The first kappa shape index (κ1) is 32.1. The van der Waals surface area contributed by atoms with Crippen molar-refractivity contribution in [1.82, 2.24) is 0 Å². The average molecular weight is 607 g/mol. The smallest absolute Gasteiger partial charge is 0.172 e. The number of methoxy groups -OCH3 is 6. The van der Waals surface area contributed by atoms with Gasteiger partial charge in [-0.15, -0.1) is 0 Å². The number of carbonyl (C=O) groups excluding carboxylic acids is 1. The van der Waals surface area contributed by atoms with Gasteiger partial charge in [-0.2, -0.15) is 0 Å². The topological polar surface area (TPSA) is 72.5 Å². The molecule has 0 fully saturated rings. The second-order valence-electron chi connectivity index (χ2n) is 9.93. The van der Waals surface area contributed by atoms with Crippen LogP contribution in [0.1, 0.15) is 34.1 Å². The van der Waals surface area contributed by atoms with Crippen molar-refractivity contribution >= 4 is 5.78 Å². The van der Waals surface area contributed by atoms with Crippen LogP contribution in [0.25, 0.3) is 0 Å². The summed E-state index contributed by atoms with van der Waals surface area (Å²) < 4.78 is 65.4. The summed E-state index contributed by atoms with van der Waals surface area (Å²) in [6.07, 6.45) is 0.0270. The van der Waals surface area contributed by atoms with Crippen LogP contribution in [-0.4, -0.2) is 48.4 Å². The van der Waals surface area contributed by atoms with Gasteiger partial charge in [0.15, 0.2) is 23.1 Å². The number of halogens is 2. The van der Waals surface area contributed by atoms with Crippen LogP contribution in [-0.2, 0) is 17.6 Å². The van der Waals surface area contributed by atoms with Gasteiger partial charge < -0.3 is 28.4 Å². The van der Waals surface area contributed by atoms with Crippen LogP contribution < -0.4 is 28.4 Å². The van der Waals surface area contributed by atoms with Gasteiger partial charge in [-0.3, -0.25) is 4.79 Å². The first-order chi connectivity index (χ1) is 21.3. The van der Waals surface area contributed by atoms with E-state index < -0.39 is 29.3 Å². The van der Waals surface area contributed by atoms with Crippen molar-refractivity contribution in [3.63, 3.8) is 0 Å². The van der Waals surface area contributed by atoms with E-state index in [9.17, 15) is 0 Å². The Hall–Kier alpha value is -4.79. The summed E-state index contributed by atoms with van der Waals surface area (Å²) in [6, 6.07) is 20.3. The zero-order valence-electron chi connectivity index (χ0n) is 25.6. The Morgan fingerprint density at radius 2 is 0.818 bits per heavy atom. The molecule has 9 heteroatoms. The highest BCUT2D eigenvalue weighted by molar-refractivity contribution is 5.94. The Balaban J connectivity index is 2.02. The van der Waals surface area contributed by atoms with Crippen molar-refractivity contribution in [3.8, 4) is 34.5 Å². The summed E-state index contributed by atoms with van der Waals surface area (Å²) in [4.78, 5) is 15.1. The molecule has 0 saturated carbocycles. The molecule has 4 aromatic carbocycles. The Morgan fingerprint density at radius 3 is 1.16 bits per heavy atom. The quantitative estimate of drug-likeness (QED) is 0.154. The van der Waals surface area contributed by atoms with Gasteiger partial charge in [-0.1, -0.05) is 36.4 Å². The van der Waals surface area contributed by atoms with Crippen molar-refractivity contribution in [1.29, 1.82) is 0 Å². The molecule has 0 spiro atoms. The van der Waals surface area contributed by atoms with Crippen LogP contribution in [0.15, 0.2) is 72.8 Å². The van der Waals surface area contributed by atoms with E-state index in [0.29, 0.717) is 22.6 Å². The Bertz CT molecular complexity index is 1490.